The lowest BCUT2D eigenvalue weighted by atomic mass is 9.86. The molecule has 2 aliphatic heterocycles. The van der Waals surface area contributed by atoms with Gasteiger partial charge in [-0.3, -0.25) is 19.1 Å². The van der Waals surface area contributed by atoms with E-state index in [-0.39, 0.29) is 29.1 Å². The number of benzene rings is 1. The number of carbonyl (C=O) groups excluding carboxylic acids is 2. The van der Waals surface area contributed by atoms with Gasteiger partial charge in [-0.2, -0.15) is 9.78 Å². The molecular weight excluding hydrogens is 601 g/mol. The highest BCUT2D eigenvalue weighted by atomic mass is 19.1. The summed E-state index contributed by atoms with van der Waals surface area (Å²) in [4.78, 5) is 49.2. The largest absolute Gasteiger partial charge is 0.382 e. The lowest BCUT2D eigenvalue weighted by Crippen LogP contribution is -2.40. The highest BCUT2D eigenvalue weighted by molar-refractivity contribution is 5.94. The molecule has 7 rings (SSSR count). The number of amides is 2. The molecule has 1 aromatic carbocycles. The molecule has 5 aromatic rings. The van der Waals surface area contributed by atoms with E-state index in [1.165, 1.54) is 17.1 Å². The highest BCUT2D eigenvalue weighted by Crippen LogP contribution is 2.40. The molecule has 4 N–H and O–H groups in total. The van der Waals surface area contributed by atoms with Crippen LogP contribution in [0.5, 0.6) is 0 Å². The number of pyridine rings is 1. The van der Waals surface area contributed by atoms with Crippen molar-refractivity contribution in [2.24, 2.45) is 11.7 Å². The van der Waals surface area contributed by atoms with Crippen molar-refractivity contribution in [1.82, 2.24) is 33.8 Å². The van der Waals surface area contributed by atoms with Crippen LogP contribution in [0.15, 0.2) is 59.8 Å². The van der Waals surface area contributed by atoms with Gasteiger partial charge in [0.05, 0.1) is 5.69 Å². The molecule has 0 radical (unpaired) electrons. The predicted octanol–water partition coefficient (Wildman–Crippen LogP) is 3.85. The van der Waals surface area contributed by atoms with E-state index in [1.54, 1.807) is 39.7 Å². The molecule has 47 heavy (non-hydrogen) atoms. The lowest BCUT2D eigenvalue weighted by molar-refractivity contribution is -0.135. The summed E-state index contributed by atoms with van der Waals surface area (Å²) in [7, 11) is 0. The van der Waals surface area contributed by atoms with Gasteiger partial charge in [0.25, 0.3) is 11.5 Å². The Hall–Kier alpha value is -5.33. The summed E-state index contributed by atoms with van der Waals surface area (Å²) in [6.45, 7) is 5.56. The topological polar surface area (TPSA) is 159 Å². The minimum Gasteiger partial charge on any atom is -0.382 e. The smallest absolute Gasteiger partial charge is 0.286 e. The molecular formula is C34H36FN9O3. The van der Waals surface area contributed by atoms with Crippen molar-refractivity contribution >= 4 is 23.1 Å². The van der Waals surface area contributed by atoms with E-state index in [0.29, 0.717) is 66.2 Å². The van der Waals surface area contributed by atoms with Crippen LogP contribution in [0.3, 0.4) is 0 Å². The number of nitrogens with zero attached hydrogens (tertiary/aromatic N) is 7. The summed E-state index contributed by atoms with van der Waals surface area (Å²) in [5, 5.41) is 4.49. The Morgan fingerprint density at radius 1 is 1.00 bits per heavy atom. The van der Waals surface area contributed by atoms with Crippen LogP contribution in [-0.4, -0.2) is 58.7 Å². The molecule has 242 valence electrons. The average molecular weight is 638 g/mol. The number of primary amides is 1. The predicted molar refractivity (Wildman–Crippen MR) is 174 cm³/mol. The van der Waals surface area contributed by atoms with Gasteiger partial charge in [-0.05, 0) is 55.5 Å². The molecule has 4 aromatic heterocycles. The summed E-state index contributed by atoms with van der Waals surface area (Å²) in [6.07, 6.45) is 5.76. The van der Waals surface area contributed by atoms with E-state index in [1.807, 2.05) is 30.9 Å². The van der Waals surface area contributed by atoms with Gasteiger partial charge in [0.2, 0.25) is 5.91 Å². The molecule has 13 heteroatoms. The fourth-order valence-electron chi connectivity index (χ4n) is 7.30. The van der Waals surface area contributed by atoms with E-state index in [4.69, 9.17) is 11.5 Å². The first kappa shape index (κ1) is 30.3. The second-order valence-electron chi connectivity index (χ2n) is 12.6. The number of carbonyl (C=O) groups is 2. The third-order valence-corrected chi connectivity index (χ3v) is 9.50. The van der Waals surface area contributed by atoms with Crippen LogP contribution in [0, 0.1) is 11.7 Å². The molecule has 1 saturated heterocycles. The van der Waals surface area contributed by atoms with E-state index < -0.39 is 23.2 Å². The Morgan fingerprint density at radius 3 is 2.47 bits per heavy atom. The number of fused-ring (bicyclic) bond motifs is 2. The van der Waals surface area contributed by atoms with E-state index >= 15 is 4.39 Å². The molecule has 1 unspecified atom stereocenters. The third-order valence-electron chi connectivity index (χ3n) is 9.50. The molecule has 2 aliphatic rings. The zero-order valence-electron chi connectivity index (χ0n) is 26.3. The number of piperidine rings is 1. The van der Waals surface area contributed by atoms with E-state index in [2.05, 4.69) is 15.1 Å². The number of hydrogen-bond donors (Lipinski definition) is 2. The van der Waals surface area contributed by atoms with Crippen LogP contribution in [-0.2, 0) is 11.3 Å². The number of nitrogen functional groups attached to an aromatic ring is 1. The lowest BCUT2D eigenvalue weighted by Gasteiger charge is -2.33. The minimum atomic E-state index is -0.833. The second-order valence-corrected chi connectivity index (χ2v) is 12.6. The Morgan fingerprint density at radius 2 is 1.79 bits per heavy atom. The van der Waals surface area contributed by atoms with Crippen LogP contribution < -0.4 is 17.0 Å². The maximum Gasteiger partial charge on any atom is 0.286 e. The monoisotopic (exact) mass is 637 g/mol. The number of halogens is 1. The fraction of sp³-hybridized carbons (Fsp3) is 0.353. The number of likely N-dealkylation sites (tertiary alicyclic amines) is 1. The van der Waals surface area contributed by atoms with E-state index in [0.717, 1.165) is 18.5 Å². The summed E-state index contributed by atoms with van der Waals surface area (Å²) >= 11 is 0. The van der Waals surface area contributed by atoms with Crippen LogP contribution >= 0.6 is 0 Å². The first-order valence-electron chi connectivity index (χ1n) is 15.9. The van der Waals surface area contributed by atoms with Crippen LogP contribution in [0.2, 0.25) is 0 Å². The van der Waals surface area contributed by atoms with Gasteiger partial charge in [0, 0.05) is 60.4 Å². The molecule has 12 nitrogen and oxygen atoms in total. The molecule has 0 saturated carbocycles. The molecule has 0 aliphatic carbocycles. The minimum absolute atomic E-state index is 0.0601. The molecule has 0 bridgehead atoms. The number of anilines is 1. The van der Waals surface area contributed by atoms with Gasteiger partial charge in [-0.15, -0.1) is 0 Å². The summed E-state index contributed by atoms with van der Waals surface area (Å²) < 4.78 is 21.2. The van der Waals surface area contributed by atoms with Crippen LogP contribution in [0.25, 0.3) is 22.5 Å². The molecule has 2 amide bonds. The van der Waals surface area contributed by atoms with Gasteiger partial charge in [0.15, 0.2) is 11.6 Å². The van der Waals surface area contributed by atoms with Gasteiger partial charge in [-0.25, -0.2) is 18.9 Å². The molecule has 6 heterocycles. The normalized spacial score (nSPS) is 16.9. The van der Waals surface area contributed by atoms with Crippen molar-refractivity contribution in [3.05, 3.63) is 93.7 Å². The zero-order valence-corrected chi connectivity index (χ0v) is 26.3. The zero-order chi connectivity index (χ0) is 33.0. The number of hydrogen-bond acceptors (Lipinski definition) is 7. The quantitative estimate of drug-likeness (QED) is 0.286. The second kappa shape index (κ2) is 11.8. The van der Waals surface area contributed by atoms with Crippen LogP contribution in [0.4, 0.5) is 10.2 Å². The first-order valence-corrected chi connectivity index (χ1v) is 15.9. The van der Waals surface area contributed by atoms with Crippen LogP contribution in [0.1, 0.15) is 78.7 Å². The van der Waals surface area contributed by atoms with Gasteiger partial charge < -0.3 is 16.4 Å². The summed E-state index contributed by atoms with van der Waals surface area (Å²) in [6, 6.07) is 12.1. The van der Waals surface area contributed by atoms with Crippen molar-refractivity contribution in [3.8, 4) is 16.9 Å². The van der Waals surface area contributed by atoms with Crippen molar-refractivity contribution in [2.45, 2.75) is 57.9 Å². The number of aromatic nitrogens is 6. The number of nitrogens with two attached hydrogens (primary N) is 2. The number of rotatable bonds is 6. The first-order chi connectivity index (χ1) is 22.7. The summed E-state index contributed by atoms with van der Waals surface area (Å²) in [5.41, 5.74) is 14.9. The fourth-order valence-corrected chi connectivity index (χ4v) is 7.30. The van der Waals surface area contributed by atoms with Crippen molar-refractivity contribution < 1.29 is 14.0 Å². The highest BCUT2D eigenvalue weighted by Gasteiger charge is 2.34. The van der Waals surface area contributed by atoms with Crippen molar-refractivity contribution in [3.63, 3.8) is 0 Å². The van der Waals surface area contributed by atoms with E-state index in [9.17, 15) is 14.4 Å². The molecule has 0 spiro atoms. The Bertz CT molecular complexity index is 2070. The maximum absolute atomic E-state index is 16.3. The van der Waals surface area contributed by atoms with Crippen molar-refractivity contribution in [1.29, 1.82) is 0 Å². The van der Waals surface area contributed by atoms with Gasteiger partial charge in [0.1, 0.15) is 23.2 Å². The third kappa shape index (κ3) is 5.06. The molecule has 1 fully saturated rings. The van der Waals surface area contributed by atoms with Gasteiger partial charge in [-0.1, -0.05) is 32.0 Å². The average Bonchev–Trinajstić information content (AvgIpc) is 3.60. The summed E-state index contributed by atoms with van der Waals surface area (Å²) in [5.74, 6) is -0.970. The standard InChI is InChI=1S/C34H36FN9O3/c1-19(2)33(46)41-14-10-20(11-15-41)26-17-24(30-31(36)39-18-40-43(26)30)23-9-8-21(16-25(23)35)22-6-5-13-42-29(22)28(32(37)45)34(47)44(42)27-7-3-4-12-38-27/h3-4,7-9,12,16-20,22H,5-6,10-11,13-15H2,1-2H3,(H2,37,45)(H2,36,39,40). The Balaban J connectivity index is 1.27. The van der Waals surface area contributed by atoms with Gasteiger partial charge >= 0.3 is 0 Å². The van der Waals surface area contributed by atoms with Crippen molar-refractivity contribution in [2.75, 3.05) is 18.8 Å². The maximum atomic E-state index is 16.3. The SMILES string of the molecule is CC(C)C(=O)N1CCC(c2cc(-c3ccc(C4CCCn5c4c(C(N)=O)c(=O)n5-c4ccccn4)cc3F)c3c(N)ncnn23)CC1. The Labute approximate surface area is 269 Å². The molecule has 1 atom stereocenters. The Kier molecular flexibility index (Phi) is 7.61.